The second kappa shape index (κ2) is 3.73. The number of rotatable bonds is 4. The molecule has 0 aromatic rings. The van der Waals surface area contributed by atoms with E-state index in [1.54, 1.807) is 0 Å². The van der Waals surface area contributed by atoms with Gasteiger partial charge in [0, 0.05) is 6.54 Å². The van der Waals surface area contributed by atoms with E-state index in [2.05, 4.69) is 5.32 Å². The van der Waals surface area contributed by atoms with E-state index < -0.39 is 16.9 Å². The zero-order chi connectivity index (χ0) is 11.8. The van der Waals surface area contributed by atoms with Crippen LogP contribution in [-0.4, -0.2) is 29.1 Å². The van der Waals surface area contributed by atoms with E-state index >= 15 is 0 Å². The van der Waals surface area contributed by atoms with Gasteiger partial charge in [-0.05, 0) is 25.7 Å². The molecular weight excluding hydrogens is 208 g/mol. The summed E-state index contributed by atoms with van der Waals surface area (Å²) >= 11 is 0. The third-order valence-corrected chi connectivity index (χ3v) is 3.95. The highest BCUT2D eigenvalue weighted by atomic mass is 16.4. The van der Waals surface area contributed by atoms with E-state index in [0.29, 0.717) is 19.4 Å². The molecular formula is C11H18N2O3. The first-order chi connectivity index (χ1) is 7.55. The zero-order valence-corrected chi connectivity index (χ0v) is 9.29. The van der Waals surface area contributed by atoms with E-state index in [1.807, 2.05) is 0 Å². The van der Waals surface area contributed by atoms with E-state index in [1.165, 1.54) is 0 Å². The van der Waals surface area contributed by atoms with Crippen molar-refractivity contribution in [1.29, 1.82) is 0 Å². The van der Waals surface area contributed by atoms with Crippen LogP contribution in [0.5, 0.6) is 0 Å². The van der Waals surface area contributed by atoms with Crippen LogP contribution in [0.1, 0.15) is 38.5 Å². The summed E-state index contributed by atoms with van der Waals surface area (Å²) in [7, 11) is 0. The number of hydrogen-bond acceptors (Lipinski definition) is 3. The summed E-state index contributed by atoms with van der Waals surface area (Å²) < 4.78 is 0. The van der Waals surface area contributed by atoms with Crippen LogP contribution in [0.2, 0.25) is 0 Å². The number of carbonyl (C=O) groups excluding carboxylic acids is 1. The predicted octanol–water partition coefficient (Wildman–Crippen LogP) is 0.239. The molecule has 2 saturated carbocycles. The fraction of sp³-hybridized carbons (Fsp3) is 0.818. The molecule has 16 heavy (non-hydrogen) atoms. The average Bonchev–Trinajstić information content (AvgIpc) is 2.88. The summed E-state index contributed by atoms with van der Waals surface area (Å²) in [6, 6.07) is 0. The molecule has 5 nitrogen and oxygen atoms in total. The van der Waals surface area contributed by atoms with Crippen LogP contribution in [0, 0.1) is 5.41 Å². The van der Waals surface area contributed by atoms with E-state index in [4.69, 9.17) is 10.8 Å². The van der Waals surface area contributed by atoms with Gasteiger partial charge in [-0.25, -0.2) is 4.79 Å². The number of carbonyl (C=O) groups is 2. The molecule has 0 aromatic carbocycles. The summed E-state index contributed by atoms with van der Waals surface area (Å²) in [5.74, 6) is -1.08. The van der Waals surface area contributed by atoms with Crippen LogP contribution in [-0.2, 0) is 9.59 Å². The Balaban J connectivity index is 2.05. The van der Waals surface area contributed by atoms with Crippen molar-refractivity contribution in [3.05, 3.63) is 0 Å². The van der Waals surface area contributed by atoms with Gasteiger partial charge in [0.2, 0.25) is 5.91 Å². The van der Waals surface area contributed by atoms with Crippen molar-refractivity contribution in [1.82, 2.24) is 5.32 Å². The van der Waals surface area contributed by atoms with Crippen molar-refractivity contribution in [2.75, 3.05) is 6.54 Å². The summed E-state index contributed by atoms with van der Waals surface area (Å²) in [6.07, 6.45) is 4.65. The van der Waals surface area contributed by atoms with Crippen molar-refractivity contribution in [2.24, 2.45) is 11.1 Å². The molecule has 0 atom stereocenters. The molecule has 2 aliphatic carbocycles. The van der Waals surface area contributed by atoms with Gasteiger partial charge in [-0.15, -0.1) is 0 Å². The van der Waals surface area contributed by atoms with Gasteiger partial charge in [-0.1, -0.05) is 12.8 Å². The third kappa shape index (κ3) is 1.69. The minimum Gasteiger partial charge on any atom is -0.480 e. The molecule has 2 fully saturated rings. The van der Waals surface area contributed by atoms with Crippen molar-refractivity contribution in [3.8, 4) is 0 Å². The summed E-state index contributed by atoms with van der Waals surface area (Å²) in [5, 5.41) is 11.7. The van der Waals surface area contributed by atoms with Crippen molar-refractivity contribution in [2.45, 2.75) is 44.1 Å². The number of nitrogens with one attached hydrogen (secondary N) is 1. The first kappa shape index (κ1) is 11.4. The van der Waals surface area contributed by atoms with Gasteiger partial charge in [-0.3, -0.25) is 4.79 Å². The highest BCUT2D eigenvalue weighted by Gasteiger charge is 2.54. The smallest absolute Gasteiger partial charge is 0.329 e. The van der Waals surface area contributed by atoms with Crippen molar-refractivity contribution in [3.63, 3.8) is 0 Å². The number of amides is 1. The minimum atomic E-state index is -0.984. The molecule has 0 bridgehead atoms. The molecule has 0 radical (unpaired) electrons. The standard InChI is InChI=1S/C11H18N2O3/c12-7-10(3-1-2-4-10)8(14)13-11(5-6-11)9(15)16/h1-7,12H2,(H,13,14)(H,15,16). The fourth-order valence-electron chi connectivity index (χ4n) is 2.44. The van der Waals surface area contributed by atoms with Gasteiger partial charge in [0.15, 0.2) is 0 Å². The Labute approximate surface area is 94.4 Å². The zero-order valence-electron chi connectivity index (χ0n) is 9.29. The monoisotopic (exact) mass is 226 g/mol. The van der Waals surface area contributed by atoms with Crippen LogP contribution in [0.15, 0.2) is 0 Å². The maximum absolute atomic E-state index is 12.1. The highest BCUT2D eigenvalue weighted by Crippen LogP contribution is 2.41. The largest absolute Gasteiger partial charge is 0.480 e. The lowest BCUT2D eigenvalue weighted by atomic mass is 9.85. The number of carboxylic acids is 1. The molecule has 0 aliphatic heterocycles. The Morgan fingerprint density at radius 2 is 1.75 bits per heavy atom. The Bertz CT molecular complexity index is 317. The topological polar surface area (TPSA) is 92.4 Å². The Kier molecular flexibility index (Phi) is 2.66. The molecule has 0 aromatic heterocycles. The molecule has 0 unspecified atom stereocenters. The Morgan fingerprint density at radius 3 is 2.12 bits per heavy atom. The normalized spacial score (nSPS) is 25.1. The molecule has 1 amide bonds. The van der Waals surface area contributed by atoms with Gasteiger partial charge in [-0.2, -0.15) is 0 Å². The molecule has 0 saturated heterocycles. The summed E-state index contributed by atoms with van der Waals surface area (Å²) in [6.45, 7) is 0.314. The van der Waals surface area contributed by atoms with Crippen LogP contribution in [0.3, 0.4) is 0 Å². The lowest BCUT2D eigenvalue weighted by Crippen LogP contribution is -2.51. The lowest BCUT2D eigenvalue weighted by Gasteiger charge is -2.27. The van der Waals surface area contributed by atoms with Gasteiger partial charge < -0.3 is 16.2 Å². The Morgan fingerprint density at radius 1 is 1.19 bits per heavy atom. The number of hydrogen-bond donors (Lipinski definition) is 3. The van der Waals surface area contributed by atoms with Crippen LogP contribution in [0.4, 0.5) is 0 Å². The van der Waals surface area contributed by atoms with Gasteiger partial charge in [0.1, 0.15) is 5.54 Å². The molecule has 0 heterocycles. The minimum absolute atomic E-state index is 0.160. The maximum Gasteiger partial charge on any atom is 0.329 e. The summed E-state index contributed by atoms with van der Waals surface area (Å²) in [4.78, 5) is 23.1. The molecule has 90 valence electrons. The van der Waals surface area contributed by atoms with Crippen LogP contribution in [0.25, 0.3) is 0 Å². The second-order valence-corrected chi connectivity index (χ2v) is 5.03. The van der Waals surface area contributed by atoms with Gasteiger partial charge in [0.25, 0.3) is 0 Å². The van der Waals surface area contributed by atoms with Crippen LogP contribution < -0.4 is 11.1 Å². The van der Waals surface area contributed by atoms with Gasteiger partial charge in [0.05, 0.1) is 5.41 Å². The quantitative estimate of drug-likeness (QED) is 0.640. The third-order valence-electron chi connectivity index (χ3n) is 3.95. The molecule has 5 heteroatoms. The number of nitrogens with two attached hydrogens (primary N) is 1. The molecule has 2 rings (SSSR count). The highest BCUT2D eigenvalue weighted by molar-refractivity contribution is 5.92. The van der Waals surface area contributed by atoms with Gasteiger partial charge >= 0.3 is 5.97 Å². The first-order valence-electron chi connectivity index (χ1n) is 5.81. The number of aliphatic carboxylic acids is 1. The SMILES string of the molecule is NCC1(C(=O)NC2(C(=O)O)CC2)CCCC1. The van der Waals surface area contributed by atoms with E-state index in [0.717, 1.165) is 25.7 Å². The van der Waals surface area contributed by atoms with Crippen molar-refractivity contribution >= 4 is 11.9 Å². The summed E-state index contributed by atoms with van der Waals surface area (Å²) in [5.41, 5.74) is 4.18. The molecule has 4 N–H and O–H groups in total. The Hall–Kier alpha value is -1.10. The van der Waals surface area contributed by atoms with Crippen LogP contribution >= 0.6 is 0 Å². The maximum atomic E-state index is 12.1. The fourth-order valence-corrected chi connectivity index (χ4v) is 2.44. The number of carboxylic acid groups (broad SMARTS) is 1. The van der Waals surface area contributed by atoms with E-state index in [9.17, 15) is 9.59 Å². The average molecular weight is 226 g/mol. The first-order valence-corrected chi connectivity index (χ1v) is 5.81. The van der Waals surface area contributed by atoms with Crippen molar-refractivity contribution < 1.29 is 14.7 Å². The van der Waals surface area contributed by atoms with E-state index in [-0.39, 0.29) is 5.91 Å². The predicted molar refractivity (Wildman–Crippen MR) is 57.7 cm³/mol. The lowest BCUT2D eigenvalue weighted by molar-refractivity contribution is -0.145. The molecule has 0 spiro atoms. The molecule has 2 aliphatic rings. The second-order valence-electron chi connectivity index (χ2n) is 5.03.